The zero-order valence-corrected chi connectivity index (χ0v) is 19.6. The van der Waals surface area contributed by atoms with Crippen molar-refractivity contribution < 1.29 is 27.9 Å². The van der Waals surface area contributed by atoms with E-state index in [4.69, 9.17) is 16.2 Å². The average molecular weight is 484 g/mol. The molecule has 0 saturated heterocycles. The summed E-state index contributed by atoms with van der Waals surface area (Å²) >= 11 is 0. The molecule has 0 saturated carbocycles. The van der Waals surface area contributed by atoms with Crippen LogP contribution in [0, 0.1) is 0 Å². The van der Waals surface area contributed by atoms with Crippen LogP contribution < -0.4 is 16.2 Å². The molecular formula is C21H33N5O6S. The molecule has 1 aromatic rings. The van der Waals surface area contributed by atoms with Gasteiger partial charge in [0, 0.05) is 20.2 Å². The first-order valence-electron chi connectivity index (χ1n) is 10.8. The molecule has 0 radical (unpaired) electrons. The number of hydrogen-bond donors (Lipinski definition) is 4. The summed E-state index contributed by atoms with van der Waals surface area (Å²) in [5, 5.41) is 9.21. The molecule has 0 aliphatic heterocycles. The normalized spacial score (nSPS) is 14.2. The Morgan fingerprint density at radius 3 is 2.67 bits per heavy atom. The second-order valence-electron chi connectivity index (χ2n) is 7.87. The van der Waals surface area contributed by atoms with Crippen molar-refractivity contribution in [1.82, 2.24) is 9.62 Å². The van der Waals surface area contributed by atoms with Gasteiger partial charge in [-0.05, 0) is 55.7 Å². The first kappa shape index (κ1) is 26.6. The minimum Gasteiger partial charge on any atom is -0.480 e. The quantitative estimate of drug-likeness (QED) is 0.170. The minimum atomic E-state index is -4.04. The number of guanidine groups is 1. The number of methoxy groups -OCH3 is 1. The highest BCUT2D eigenvalue weighted by molar-refractivity contribution is 7.89. The van der Waals surface area contributed by atoms with Crippen molar-refractivity contribution in [3.63, 3.8) is 0 Å². The predicted molar refractivity (Wildman–Crippen MR) is 123 cm³/mol. The van der Waals surface area contributed by atoms with Crippen molar-refractivity contribution >= 4 is 27.9 Å². The van der Waals surface area contributed by atoms with E-state index in [0.29, 0.717) is 12.8 Å². The molecule has 1 unspecified atom stereocenters. The zero-order chi connectivity index (χ0) is 24.4. The lowest BCUT2D eigenvalue weighted by Crippen LogP contribution is -2.50. The van der Waals surface area contributed by atoms with Crippen LogP contribution in [0.1, 0.15) is 36.8 Å². The lowest BCUT2D eigenvalue weighted by atomic mass is 9.92. The molecule has 0 heterocycles. The fraction of sp³-hybridized carbons (Fsp3) is 0.571. The number of sulfonamides is 1. The van der Waals surface area contributed by atoms with Crippen LogP contribution in [0.2, 0.25) is 0 Å². The Morgan fingerprint density at radius 2 is 2.00 bits per heavy atom. The molecule has 33 heavy (non-hydrogen) atoms. The summed E-state index contributed by atoms with van der Waals surface area (Å²) in [5.74, 6) is -1.96. The van der Waals surface area contributed by atoms with Crippen molar-refractivity contribution in [3.05, 3.63) is 29.3 Å². The van der Waals surface area contributed by atoms with Gasteiger partial charge in [-0.25, -0.2) is 8.42 Å². The molecule has 0 fully saturated rings. The smallest absolute Gasteiger partial charge is 0.323 e. The predicted octanol–water partition coefficient (Wildman–Crippen LogP) is -0.174. The van der Waals surface area contributed by atoms with E-state index >= 15 is 0 Å². The first-order valence-corrected chi connectivity index (χ1v) is 12.3. The zero-order valence-electron chi connectivity index (χ0n) is 18.8. The van der Waals surface area contributed by atoms with Crippen molar-refractivity contribution in [2.75, 3.05) is 33.4 Å². The van der Waals surface area contributed by atoms with Gasteiger partial charge in [-0.2, -0.15) is 4.72 Å². The number of amides is 1. The fourth-order valence-corrected chi connectivity index (χ4v) is 5.37. The van der Waals surface area contributed by atoms with E-state index in [1.54, 1.807) is 6.07 Å². The van der Waals surface area contributed by atoms with Crippen LogP contribution in [-0.2, 0) is 37.2 Å². The Hall–Kier alpha value is -2.70. The van der Waals surface area contributed by atoms with Crippen molar-refractivity contribution in [2.45, 2.75) is 49.5 Å². The van der Waals surface area contributed by atoms with Gasteiger partial charge >= 0.3 is 5.97 Å². The second kappa shape index (κ2) is 12.5. The fourth-order valence-electron chi connectivity index (χ4n) is 3.84. The third-order valence-corrected chi connectivity index (χ3v) is 6.94. The van der Waals surface area contributed by atoms with E-state index in [9.17, 15) is 23.1 Å². The van der Waals surface area contributed by atoms with E-state index in [2.05, 4.69) is 9.71 Å². The molecule has 6 N–H and O–H groups in total. The van der Waals surface area contributed by atoms with Crippen molar-refractivity contribution in [3.8, 4) is 0 Å². The number of nitrogens with one attached hydrogen (secondary N) is 1. The maximum absolute atomic E-state index is 13.3. The number of carboxylic acids is 1. The molecule has 11 nitrogen and oxygen atoms in total. The molecule has 1 aromatic carbocycles. The van der Waals surface area contributed by atoms with E-state index in [-0.39, 0.29) is 37.0 Å². The standard InChI is InChI=1S/C21H33N5O6S/c1-32-13-12-26(14-19(27)28)20(29)17(9-5-11-24-21(22)23)25-33(30,31)18-10-4-7-15-6-2-3-8-16(15)18/h4,7,10,17,25H,2-3,5-6,8-9,11-14H2,1H3,(H,27,28)(H4,22,23,24). The Morgan fingerprint density at radius 1 is 1.27 bits per heavy atom. The summed E-state index contributed by atoms with van der Waals surface area (Å²) in [6.07, 6.45) is 3.75. The van der Waals surface area contributed by atoms with Crippen molar-refractivity contribution in [1.29, 1.82) is 0 Å². The maximum atomic E-state index is 13.3. The summed E-state index contributed by atoms with van der Waals surface area (Å²) in [5.41, 5.74) is 12.4. The molecule has 0 bridgehead atoms. The number of aliphatic imine (C=N–C) groups is 1. The van der Waals surface area contributed by atoms with E-state index in [1.165, 1.54) is 13.2 Å². The number of carbonyl (C=O) groups excluding carboxylic acids is 1. The molecule has 0 aromatic heterocycles. The molecule has 184 valence electrons. The molecule has 12 heteroatoms. The maximum Gasteiger partial charge on any atom is 0.323 e. The minimum absolute atomic E-state index is 0.00843. The van der Waals surface area contributed by atoms with Gasteiger partial charge in [0.05, 0.1) is 11.5 Å². The van der Waals surface area contributed by atoms with Gasteiger partial charge < -0.3 is 26.2 Å². The SMILES string of the molecule is COCCN(CC(=O)O)C(=O)C(CCCN=C(N)N)NS(=O)(=O)c1cccc2c1CCCC2. The topological polar surface area (TPSA) is 177 Å². The molecule has 1 amide bonds. The van der Waals surface area contributed by atoms with Crippen LogP contribution in [0.4, 0.5) is 0 Å². The van der Waals surface area contributed by atoms with Gasteiger partial charge in [0.25, 0.3) is 0 Å². The number of aryl methyl sites for hydroxylation is 1. The highest BCUT2D eigenvalue weighted by Crippen LogP contribution is 2.27. The monoisotopic (exact) mass is 483 g/mol. The average Bonchev–Trinajstić information content (AvgIpc) is 2.77. The number of nitrogens with two attached hydrogens (primary N) is 2. The van der Waals surface area contributed by atoms with Crippen LogP contribution in [0.3, 0.4) is 0 Å². The molecule has 1 aliphatic rings. The highest BCUT2D eigenvalue weighted by atomic mass is 32.2. The summed E-state index contributed by atoms with van der Waals surface area (Å²) in [6, 6.07) is 3.97. The summed E-state index contributed by atoms with van der Waals surface area (Å²) in [7, 11) is -2.62. The Bertz CT molecular complexity index is 962. The van der Waals surface area contributed by atoms with Crippen LogP contribution >= 0.6 is 0 Å². The number of benzene rings is 1. The molecule has 0 spiro atoms. The van der Waals surface area contributed by atoms with Crippen LogP contribution in [0.15, 0.2) is 28.1 Å². The Balaban J connectivity index is 2.31. The Labute approximate surface area is 194 Å². The van der Waals surface area contributed by atoms with Gasteiger partial charge in [-0.1, -0.05) is 12.1 Å². The third kappa shape index (κ3) is 7.98. The number of rotatable bonds is 13. The first-order chi connectivity index (χ1) is 15.7. The molecule has 1 aliphatic carbocycles. The number of hydrogen-bond acceptors (Lipinski definition) is 6. The van der Waals surface area contributed by atoms with E-state index < -0.39 is 34.5 Å². The van der Waals surface area contributed by atoms with Crippen LogP contribution in [0.5, 0.6) is 0 Å². The Kier molecular flexibility index (Phi) is 10.1. The number of fused-ring (bicyclic) bond motifs is 1. The van der Waals surface area contributed by atoms with E-state index in [1.807, 2.05) is 6.07 Å². The molecular weight excluding hydrogens is 450 g/mol. The van der Waals surface area contributed by atoms with Gasteiger partial charge in [0.2, 0.25) is 15.9 Å². The number of nitrogens with zero attached hydrogens (tertiary/aromatic N) is 2. The number of carboxylic acid groups (broad SMARTS) is 1. The van der Waals surface area contributed by atoms with Gasteiger partial charge in [-0.15, -0.1) is 0 Å². The van der Waals surface area contributed by atoms with Crippen molar-refractivity contribution in [2.24, 2.45) is 16.5 Å². The summed E-state index contributed by atoms with van der Waals surface area (Å²) in [4.78, 5) is 29.6. The lowest BCUT2D eigenvalue weighted by molar-refractivity contribution is -0.145. The van der Waals surface area contributed by atoms with E-state index in [0.717, 1.165) is 35.3 Å². The van der Waals surface area contributed by atoms with Gasteiger partial charge in [-0.3, -0.25) is 14.6 Å². The molecule has 1 atom stereocenters. The molecule has 2 rings (SSSR count). The second-order valence-corrected chi connectivity index (χ2v) is 9.55. The number of ether oxygens (including phenoxy) is 1. The third-order valence-electron chi connectivity index (χ3n) is 5.39. The van der Waals surface area contributed by atoms with Gasteiger partial charge in [0.1, 0.15) is 12.6 Å². The highest BCUT2D eigenvalue weighted by Gasteiger charge is 2.31. The van der Waals surface area contributed by atoms with Crippen LogP contribution in [-0.4, -0.2) is 75.7 Å². The largest absolute Gasteiger partial charge is 0.480 e. The number of aliphatic carboxylic acids is 1. The summed E-state index contributed by atoms with van der Waals surface area (Å²) < 4.78 is 34.1. The number of carbonyl (C=O) groups is 2. The van der Waals surface area contributed by atoms with Crippen LogP contribution in [0.25, 0.3) is 0 Å². The lowest BCUT2D eigenvalue weighted by Gasteiger charge is -2.27. The summed E-state index contributed by atoms with van der Waals surface area (Å²) in [6.45, 7) is -0.256. The van der Waals surface area contributed by atoms with Gasteiger partial charge in [0.15, 0.2) is 5.96 Å².